The van der Waals surface area contributed by atoms with E-state index < -0.39 is 4.92 Å². The quantitative estimate of drug-likeness (QED) is 0.227. The van der Waals surface area contributed by atoms with Gasteiger partial charge in [-0.1, -0.05) is 12.1 Å². The average Bonchev–Trinajstić information content (AvgIpc) is 2.88. The van der Waals surface area contributed by atoms with Crippen molar-refractivity contribution in [1.29, 1.82) is 0 Å². The second-order valence-corrected chi connectivity index (χ2v) is 8.03. The minimum Gasteiger partial charge on any atom is -0.495 e. The lowest BCUT2D eigenvalue weighted by atomic mass is 10.2. The molecular formula is C24H29N7O5. The molecule has 0 radical (unpaired) electrons. The summed E-state index contributed by atoms with van der Waals surface area (Å²) in [4.78, 5) is 37.1. The molecule has 0 aliphatic carbocycles. The lowest BCUT2D eigenvalue weighted by molar-refractivity contribution is -0.384. The average molecular weight is 496 g/mol. The number of benzene rings is 2. The summed E-state index contributed by atoms with van der Waals surface area (Å²) in [6.07, 6.45) is 2.09. The Bertz CT molecular complexity index is 1220. The Morgan fingerprint density at radius 3 is 2.39 bits per heavy atom. The van der Waals surface area contributed by atoms with E-state index in [2.05, 4.69) is 15.3 Å². The SMILES string of the molecule is COc1cc(N(C)CCN(C)C)c([N+](=O)[O-])cc1Nc1nccc(N(C=O)c2ccccc2OC)n1. The van der Waals surface area contributed by atoms with Crippen LogP contribution in [0.3, 0.4) is 0 Å². The third kappa shape index (κ3) is 5.96. The van der Waals surface area contributed by atoms with Crippen molar-refractivity contribution in [2.45, 2.75) is 0 Å². The molecule has 0 aliphatic rings. The van der Waals surface area contributed by atoms with Crippen LogP contribution in [-0.4, -0.2) is 74.7 Å². The number of ether oxygens (including phenoxy) is 2. The molecule has 2 aromatic carbocycles. The van der Waals surface area contributed by atoms with Crippen LogP contribution < -0.4 is 24.6 Å². The number of methoxy groups -OCH3 is 2. The van der Waals surface area contributed by atoms with E-state index in [1.807, 2.05) is 19.0 Å². The molecule has 12 nitrogen and oxygen atoms in total. The molecule has 12 heteroatoms. The smallest absolute Gasteiger partial charge is 0.294 e. The number of nitrogens with zero attached hydrogens (tertiary/aromatic N) is 6. The molecule has 3 aromatic rings. The second-order valence-electron chi connectivity index (χ2n) is 8.03. The first-order valence-corrected chi connectivity index (χ1v) is 11.0. The van der Waals surface area contributed by atoms with Crippen molar-refractivity contribution in [1.82, 2.24) is 14.9 Å². The molecule has 1 amide bonds. The maximum absolute atomic E-state index is 11.9. The lowest BCUT2D eigenvalue weighted by Crippen LogP contribution is -2.29. The summed E-state index contributed by atoms with van der Waals surface area (Å²) < 4.78 is 10.9. The van der Waals surface area contributed by atoms with Crippen molar-refractivity contribution in [3.8, 4) is 11.5 Å². The zero-order chi connectivity index (χ0) is 26.2. The number of nitro groups is 1. The monoisotopic (exact) mass is 495 g/mol. The van der Waals surface area contributed by atoms with Gasteiger partial charge in [-0.15, -0.1) is 0 Å². The van der Waals surface area contributed by atoms with E-state index in [1.165, 1.54) is 31.4 Å². The third-order valence-corrected chi connectivity index (χ3v) is 5.37. The topological polar surface area (TPSA) is 126 Å². The van der Waals surface area contributed by atoms with Crippen molar-refractivity contribution >= 4 is 40.9 Å². The summed E-state index contributed by atoms with van der Waals surface area (Å²) in [5.41, 5.74) is 1.13. The van der Waals surface area contributed by atoms with E-state index >= 15 is 0 Å². The van der Waals surface area contributed by atoms with Crippen molar-refractivity contribution in [2.24, 2.45) is 0 Å². The summed E-state index contributed by atoms with van der Waals surface area (Å²) in [6.45, 7) is 1.30. The van der Waals surface area contributed by atoms with Crippen molar-refractivity contribution < 1.29 is 19.2 Å². The van der Waals surface area contributed by atoms with Gasteiger partial charge in [0.25, 0.3) is 5.69 Å². The zero-order valence-corrected chi connectivity index (χ0v) is 20.8. The molecule has 190 valence electrons. The van der Waals surface area contributed by atoms with Gasteiger partial charge in [0.1, 0.15) is 23.0 Å². The maximum atomic E-state index is 11.9. The fraction of sp³-hybridized carbons (Fsp3) is 0.292. The fourth-order valence-electron chi connectivity index (χ4n) is 3.47. The molecule has 0 bridgehead atoms. The van der Waals surface area contributed by atoms with Crippen LogP contribution in [0.1, 0.15) is 0 Å². The van der Waals surface area contributed by atoms with E-state index in [0.29, 0.717) is 41.5 Å². The number of para-hydroxylation sites is 2. The highest BCUT2D eigenvalue weighted by atomic mass is 16.6. The van der Waals surface area contributed by atoms with Gasteiger partial charge in [0.05, 0.1) is 30.5 Å². The van der Waals surface area contributed by atoms with Gasteiger partial charge >= 0.3 is 0 Å². The van der Waals surface area contributed by atoms with Gasteiger partial charge in [0.15, 0.2) is 0 Å². The summed E-state index contributed by atoms with van der Waals surface area (Å²) in [7, 11) is 8.64. The Balaban J connectivity index is 1.97. The molecule has 0 aliphatic heterocycles. The lowest BCUT2D eigenvalue weighted by Gasteiger charge is -2.23. The molecule has 0 saturated carbocycles. The minimum atomic E-state index is -0.445. The normalized spacial score (nSPS) is 10.6. The number of rotatable bonds is 12. The first-order valence-electron chi connectivity index (χ1n) is 11.0. The largest absolute Gasteiger partial charge is 0.495 e. The molecule has 3 rings (SSSR count). The van der Waals surface area contributed by atoms with Gasteiger partial charge in [-0.3, -0.25) is 19.8 Å². The van der Waals surface area contributed by atoms with Gasteiger partial charge in [0, 0.05) is 38.5 Å². The highest BCUT2D eigenvalue weighted by molar-refractivity contribution is 5.87. The molecular weight excluding hydrogens is 466 g/mol. The summed E-state index contributed by atoms with van der Waals surface area (Å²) >= 11 is 0. The van der Waals surface area contributed by atoms with Gasteiger partial charge in [0.2, 0.25) is 12.4 Å². The third-order valence-electron chi connectivity index (χ3n) is 5.37. The number of nitrogens with one attached hydrogen (secondary N) is 1. The van der Waals surface area contributed by atoms with Crippen LogP contribution in [-0.2, 0) is 4.79 Å². The van der Waals surface area contributed by atoms with E-state index in [9.17, 15) is 14.9 Å². The molecule has 0 fully saturated rings. The van der Waals surface area contributed by atoms with Gasteiger partial charge in [-0.25, -0.2) is 4.98 Å². The van der Waals surface area contributed by atoms with Crippen LogP contribution in [0, 0.1) is 10.1 Å². The second kappa shape index (κ2) is 11.8. The number of carbonyl (C=O) groups excluding carboxylic acids is 1. The first kappa shape index (κ1) is 26.2. The minimum absolute atomic E-state index is 0.0979. The maximum Gasteiger partial charge on any atom is 0.294 e. The predicted octanol–water partition coefficient (Wildman–Crippen LogP) is 3.44. The highest BCUT2D eigenvalue weighted by Crippen LogP contribution is 2.39. The number of anilines is 5. The predicted molar refractivity (Wildman–Crippen MR) is 138 cm³/mol. The Morgan fingerprint density at radius 2 is 1.75 bits per heavy atom. The van der Waals surface area contributed by atoms with Crippen LogP contribution in [0.15, 0.2) is 48.7 Å². The molecule has 0 spiro atoms. The number of nitro benzene ring substituents is 1. The van der Waals surface area contributed by atoms with Crippen LogP contribution in [0.4, 0.5) is 34.5 Å². The summed E-state index contributed by atoms with van der Waals surface area (Å²) in [5, 5.41) is 14.9. The van der Waals surface area contributed by atoms with Crippen LogP contribution in [0.25, 0.3) is 0 Å². The molecule has 0 atom stereocenters. The molecule has 1 N–H and O–H groups in total. The Morgan fingerprint density at radius 1 is 1.03 bits per heavy atom. The van der Waals surface area contributed by atoms with E-state index in [0.717, 1.165) is 6.54 Å². The van der Waals surface area contributed by atoms with Crippen LogP contribution in [0.5, 0.6) is 11.5 Å². The fourth-order valence-corrected chi connectivity index (χ4v) is 3.47. The Labute approximate surface area is 209 Å². The number of carbonyl (C=O) groups is 1. The number of likely N-dealkylation sites (N-methyl/N-ethyl adjacent to an activating group) is 2. The molecule has 1 aromatic heterocycles. The van der Waals surface area contributed by atoms with Crippen LogP contribution in [0.2, 0.25) is 0 Å². The van der Waals surface area contributed by atoms with E-state index in [4.69, 9.17) is 9.47 Å². The first-order chi connectivity index (χ1) is 17.3. The zero-order valence-electron chi connectivity index (χ0n) is 20.8. The number of amides is 1. The van der Waals surface area contributed by atoms with Crippen LogP contribution >= 0.6 is 0 Å². The van der Waals surface area contributed by atoms with Crippen molar-refractivity contribution in [3.05, 3.63) is 58.8 Å². The van der Waals surface area contributed by atoms with Crippen molar-refractivity contribution in [2.75, 3.05) is 63.6 Å². The van der Waals surface area contributed by atoms with Gasteiger partial charge < -0.3 is 24.6 Å². The molecule has 1 heterocycles. The van der Waals surface area contributed by atoms with Gasteiger partial charge in [-0.2, -0.15) is 4.98 Å². The number of aromatic nitrogens is 2. The number of hydrogen-bond acceptors (Lipinski definition) is 10. The molecule has 36 heavy (non-hydrogen) atoms. The van der Waals surface area contributed by atoms with E-state index in [1.54, 1.807) is 48.3 Å². The van der Waals surface area contributed by atoms with Gasteiger partial charge in [-0.05, 0) is 32.3 Å². The van der Waals surface area contributed by atoms with Crippen molar-refractivity contribution in [3.63, 3.8) is 0 Å². The summed E-state index contributed by atoms with van der Waals surface area (Å²) in [6, 6.07) is 11.6. The summed E-state index contributed by atoms with van der Waals surface area (Å²) in [5.74, 6) is 1.26. The molecule has 0 saturated heterocycles. The Kier molecular flexibility index (Phi) is 8.57. The molecule has 0 unspecified atom stereocenters. The standard InChI is InChI=1S/C24H29N7O5/c1-28(2)12-13-29(3)19-15-22(36-5)17(14-20(19)31(33)34)26-24-25-11-10-23(27-24)30(16-32)18-8-6-7-9-21(18)35-4/h6-11,14-16H,12-13H2,1-5H3,(H,25,26,27). The van der Waals surface area contributed by atoms with E-state index in [-0.39, 0.29) is 17.5 Å². The number of hydrogen-bond donors (Lipinski definition) is 1. The highest BCUT2D eigenvalue weighted by Gasteiger charge is 2.23. The Hall–Kier alpha value is -4.45.